The molecule has 17 heavy (non-hydrogen) atoms. The summed E-state index contributed by atoms with van der Waals surface area (Å²) < 4.78 is 0.873. The van der Waals surface area contributed by atoms with Crippen LogP contribution in [0.15, 0.2) is 0 Å². The molecule has 1 unspecified atom stereocenters. The Bertz CT molecular complexity index is 301. The van der Waals surface area contributed by atoms with Crippen molar-refractivity contribution in [3.63, 3.8) is 0 Å². The predicted octanol–water partition coefficient (Wildman–Crippen LogP) is 3.77. The lowest BCUT2D eigenvalue weighted by Crippen LogP contribution is -2.03. The summed E-state index contributed by atoms with van der Waals surface area (Å²) in [4.78, 5) is 22.2. The lowest BCUT2D eigenvalue weighted by Gasteiger charge is -2.19. The first-order chi connectivity index (χ1) is 7.99. The molecule has 8 heteroatoms. The van der Waals surface area contributed by atoms with Gasteiger partial charge in [-0.15, -0.1) is 47.0 Å². The predicted molar refractivity (Wildman–Crippen MR) is 86.9 cm³/mol. The minimum absolute atomic E-state index is 0.125. The molecule has 3 atom stereocenters. The van der Waals surface area contributed by atoms with E-state index in [1.165, 1.54) is 23.5 Å². The molecule has 0 aliphatic carbocycles. The SMILES string of the molecule is CC(=O)S[C@H]1CSC2(SC[C@@H](SC(C)=O)S2)S1. The van der Waals surface area contributed by atoms with Crippen LogP contribution in [0.3, 0.4) is 0 Å². The van der Waals surface area contributed by atoms with E-state index >= 15 is 0 Å². The van der Waals surface area contributed by atoms with E-state index in [1.54, 1.807) is 13.8 Å². The van der Waals surface area contributed by atoms with E-state index < -0.39 is 0 Å². The third-order valence-electron chi connectivity index (χ3n) is 1.94. The fourth-order valence-corrected chi connectivity index (χ4v) is 13.5. The van der Waals surface area contributed by atoms with Gasteiger partial charge in [-0.1, -0.05) is 23.5 Å². The number of hydrogen-bond acceptors (Lipinski definition) is 8. The van der Waals surface area contributed by atoms with E-state index in [1.807, 2.05) is 47.0 Å². The molecule has 0 saturated carbocycles. The number of carbonyl (C=O) groups excluding carboxylic acids is 2. The lowest BCUT2D eigenvalue weighted by atomic mass is 10.9. The second kappa shape index (κ2) is 6.26. The fourth-order valence-electron chi connectivity index (χ4n) is 1.42. The average molecular weight is 345 g/mol. The zero-order valence-corrected chi connectivity index (χ0v) is 14.2. The second-order valence-corrected chi connectivity index (χ2v) is 13.6. The van der Waals surface area contributed by atoms with Gasteiger partial charge in [0.25, 0.3) is 0 Å². The Morgan fingerprint density at radius 2 is 1.41 bits per heavy atom. The van der Waals surface area contributed by atoms with Crippen molar-refractivity contribution >= 4 is 80.8 Å². The summed E-state index contributed by atoms with van der Waals surface area (Å²) in [6.07, 6.45) is 0. The highest BCUT2D eigenvalue weighted by molar-refractivity contribution is 8.54. The topological polar surface area (TPSA) is 34.1 Å². The molecule has 0 aromatic rings. The first-order valence-electron chi connectivity index (χ1n) is 4.97. The quantitative estimate of drug-likeness (QED) is 0.749. The molecule has 2 saturated heterocycles. The summed E-state index contributed by atoms with van der Waals surface area (Å²) in [5, 5.41) is 0.394. The van der Waals surface area contributed by atoms with Crippen LogP contribution in [-0.2, 0) is 9.59 Å². The largest absolute Gasteiger partial charge is 0.288 e. The van der Waals surface area contributed by atoms with Crippen LogP contribution in [0.5, 0.6) is 0 Å². The number of thioether (sulfide) groups is 6. The Hall–Kier alpha value is 1.44. The van der Waals surface area contributed by atoms with Crippen molar-refractivity contribution in [1.82, 2.24) is 0 Å². The van der Waals surface area contributed by atoms with Crippen molar-refractivity contribution in [2.24, 2.45) is 0 Å². The van der Waals surface area contributed by atoms with Gasteiger partial charge < -0.3 is 0 Å². The van der Waals surface area contributed by atoms with Crippen molar-refractivity contribution in [3.05, 3.63) is 0 Å². The standard InChI is InChI=1S/C9H12O2S6/c1-5(10)14-7-3-12-9(16-7)13-4-8(17-9)15-6(2)11/h7-8H,3-4H2,1-2H3/t7-,8+,9?. The zero-order valence-electron chi connectivity index (χ0n) is 9.33. The van der Waals surface area contributed by atoms with Crippen molar-refractivity contribution in [3.8, 4) is 0 Å². The molecule has 0 aromatic carbocycles. The van der Waals surface area contributed by atoms with E-state index in [2.05, 4.69) is 0 Å². The number of hydrogen-bond donors (Lipinski definition) is 0. The Morgan fingerprint density at radius 1 is 1.00 bits per heavy atom. The Balaban J connectivity index is 1.87. The lowest BCUT2D eigenvalue weighted by molar-refractivity contribution is -0.109. The van der Waals surface area contributed by atoms with Crippen LogP contribution in [-0.4, -0.2) is 33.6 Å². The van der Waals surface area contributed by atoms with Gasteiger partial charge in [0.2, 0.25) is 0 Å². The molecule has 2 rings (SSSR count). The average Bonchev–Trinajstić information content (AvgIpc) is 2.74. The van der Waals surface area contributed by atoms with Crippen molar-refractivity contribution in [1.29, 1.82) is 0 Å². The van der Waals surface area contributed by atoms with Crippen molar-refractivity contribution in [2.75, 3.05) is 11.5 Å². The van der Waals surface area contributed by atoms with Gasteiger partial charge in [-0.05, 0) is 0 Å². The molecule has 0 bridgehead atoms. The van der Waals surface area contributed by atoms with Crippen LogP contribution in [0.25, 0.3) is 0 Å². The Kier molecular flexibility index (Phi) is 5.47. The van der Waals surface area contributed by atoms with E-state index in [9.17, 15) is 9.59 Å². The normalized spacial score (nSPS) is 36.6. The number of carbonyl (C=O) groups is 2. The van der Waals surface area contributed by atoms with Gasteiger partial charge in [-0.25, -0.2) is 0 Å². The minimum atomic E-state index is 0.125. The summed E-state index contributed by atoms with van der Waals surface area (Å²) in [6, 6.07) is 0. The minimum Gasteiger partial charge on any atom is -0.288 e. The van der Waals surface area contributed by atoms with E-state index in [-0.39, 0.29) is 13.0 Å². The molecular weight excluding hydrogens is 332 g/mol. The molecule has 0 N–H and O–H groups in total. The zero-order chi connectivity index (χ0) is 12.5. The summed E-state index contributed by atoms with van der Waals surface area (Å²) in [6.45, 7) is 3.26. The van der Waals surface area contributed by atoms with Gasteiger partial charge in [0.15, 0.2) is 13.0 Å². The van der Waals surface area contributed by atoms with Crippen LogP contribution < -0.4 is 0 Å². The molecule has 1 spiro atoms. The van der Waals surface area contributed by atoms with E-state index in [0.717, 1.165) is 11.5 Å². The van der Waals surface area contributed by atoms with E-state index in [4.69, 9.17) is 0 Å². The van der Waals surface area contributed by atoms with Crippen molar-refractivity contribution < 1.29 is 9.59 Å². The first-order valence-corrected chi connectivity index (χ1v) is 10.5. The molecule has 2 aliphatic rings. The molecule has 0 aromatic heterocycles. The summed E-state index contributed by atoms with van der Waals surface area (Å²) >= 11 is 10.5. The molecule has 2 aliphatic heterocycles. The molecule has 0 radical (unpaired) electrons. The third-order valence-corrected chi connectivity index (χ3v) is 12.5. The Morgan fingerprint density at radius 3 is 1.76 bits per heavy atom. The number of rotatable bonds is 2. The second-order valence-electron chi connectivity index (χ2n) is 3.44. The summed E-state index contributed by atoms with van der Waals surface area (Å²) in [7, 11) is 0. The van der Waals surface area contributed by atoms with Gasteiger partial charge in [0.05, 0.1) is 9.16 Å². The molecular formula is C9H12O2S6. The maximum atomic E-state index is 11.1. The van der Waals surface area contributed by atoms with Crippen LogP contribution in [0.1, 0.15) is 13.8 Å². The maximum Gasteiger partial charge on any atom is 0.186 e. The highest BCUT2D eigenvalue weighted by Crippen LogP contribution is 2.69. The van der Waals surface area contributed by atoms with Gasteiger partial charge >= 0.3 is 0 Å². The van der Waals surface area contributed by atoms with Crippen LogP contribution in [0.4, 0.5) is 0 Å². The smallest absolute Gasteiger partial charge is 0.186 e. The molecule has 0 amide bonds. The first kappa shape index (κ1) is 14.8. The van der Waals surface area contributed by atoms with Gasteiger partial charge in [0, 0.05) is 25.4 Å². The summed E-state index contributed by atoms with van der Waals surface area (Å²) in [5.74, 6) is 2.04. The van der Waals surface area contributed by atoms with Gasteiger partial charge in [-0.3, -0.25) is 9.59 Å². The van der Waals surface area contributed by atoms with Gasteiger partial charge in [-0.2, -0.15) is 0 Å². The maximum absolute atomic E-state index is 11.1. The van der Waals surface area contributed by atoms with E-state index in [0.29, 0.717) is 9.16 Å². The van der Waals surface area contributed by atoms with Gasteiger partial charge in [0.1, 0.15) is 0 Å². The molecule has 2 heterocycles. The van der Waals surface area contributed by atoms with Crippen LogP contribution in [0, 0.1) is 0 Å². The highest BCUT2D eigenvalue weighted by Gasteiger charge is 2.49. The van der Waals surface area contributed by atoms with Crippen LogP contribution >= 0.6 is 70.6 Å². The fraction of sp³-hybridized carbons (Fsp3) is 0.778. The molecule has 96 valence electrons. The molecule has 2 nitrogen and oxygen atoms in total. The molecule has 2 fully saturated rings. The van der Waals surface area contributed by atoms with Crippen molar-refractivity contribution in [2.45, 2.75) is 25.8 Å². The summed E-state index contributed by atoms with van der Waals surface area (Å²) in [5.41, 5.74) is 0. The van der Waals surface area contributed by atoms with Crippen LogP contribution in [0.2, 0.25) is 0 Å². The Labute approximate surface area is 127 Å². The highest BCUT2D eigenvalue weighted by atomic mass is 32.3. The monoisotopic (exact) mass is 344 g/mol. The third kappa shape index (κ3) is 4.21.